The number of nitro groups is 1. The summed E-state index contributed by atoms with van der Waals surface area (Å²) in [5, 5.41) is 19.2. The zero-order valence-electron chi connectivity index (χ0n) is 20.3. The van der Waals surface area contributed by atoms with Gasteiger partial charge >= 0.3 is 5.69 Å². The second-order valence-electron chi connectivity index (χ2n) is 8.16. The number of para-hydroxylation sites is 1. The molecule has 0 aliphatic heterocycles. The standard InChI is InChI=1S/C26H21Br2N5O5/c1-3-23-30-21-9-8-17(27)12-18(21)26(35)32(23)29-13-16-10-19(28)25(22(11-16)33(36)37)38-14-24(34)31-20-7-5-4-6-15(20)2/h4-13H,3,14H2,1-2H3,(H,31,34). The van der Waals surface area contributed by atoms with Crippen LogP contribution in [0, 0.1) is 17.0 Å². The van der Waals surface area contributed by atoms with Crippen LogP contribution in [0.5, 0.6) is 5.75 Å². The molecule has 0 aliphatic carbocycles. The van der Waals surface area contributed by atoms with Crippen molar-refractivity contribution in [3.63, 3.8) is 0 Å². The van der Waals surface area contributed by atoms with Crippen molar-refractivity contribution in [2.45, 2.75) is 20.3 Å². The molecule has 4 aromatic rings. The Labute approximate surface area is 233 Å². The Morgan fingerprint density at radius 2 is 1.97 bits per heavy atom. The number of carbonyl (C=O) groups excluding carboxylic acids is 1. The van der Waals surface area contributed by atoms with Gasteiger partial charge in [0.05, 0.1) is 26.5 Å². The highest BCUT2D eigenvalue weighted by molar-refractivity contribution is 9.10. The minimum atomic E-state index is -0.616. The van der Waals surface area contributed by atoms with Crippen LogP contribution in [0.3, 0.4) is 0 Å². The lowest BCUT2D eigenvalue weighted by Gasteiger charge is -2.11. The fourth-order valence-electron chi connectivity index (χ4n) is 3.66. The van der Waals surface area contributed by atoms with E-state index in [0.29, 0.717) is 34.4 Å². The molecule has 12 heteroatoms. The lowest BCUT2D eigenvalue weighted by atomic mass is 10.2. The van der Waals surface area contributed by atoms with E-state index in [1.165, 1.54) is 17.0 Å². The fourth-order valence-corrected chi connectivity index (χ4v) is 4.60. The SMILES string of the molecule is CCc1nc2ccc(Br)cc2c(=O)n1N=Cc1cc(Br)c(OCC(=O)Nc2ccccc2C)c([N+](=O)[O-])c1. The second-order valence-corrected chi connectivity index (χ2v) is 9.93. The maximum atomic E-state index is 13.1. The lowest BCUT2D eigenvalue weighted by Crippen LogP contribution is -2.22. The zero-order valence-corrected chi connectivity index (χ0v) is 23.4. The first-order valence-electron chi connectivity index (χ1n) is 11.4. The highest BCUT2D eigenvalue weighted by Gasteiger charge is 2.21. The Morgan fingerprint density at radius 1 is 1.21 bits per heavy atom. The molecule has 0 spiro atoms. The van der Waals surface area contributed by atoms with Gasteiger partial charge < -0.3 is 10.1 Å². The molecule has 0 bridgehead atoms. The predicted molar refractivity (Wildman–Crippen MR) is 152 cm³/mol. The number of rotatable bonds is 8. The first-order chi connectivity index (χ1) is 18.2. The van der Waals surface area contributed by atoms with Crippen LogP contribution in [0.2, 0.25) is 0 Å². The summed E-state index contributed by atoms with van der Waals surface area (Å²) >= 11 is 6.65. The van der Waals surface area contributed by atoms with E-state index in [2.05, 4.69) is 47.3 Å². The van der Waals surface area contributed by atoms with Crippen LogP contribution >= 0.6 is 31.9 Å². The number of nitro benzene ring substituents is 1. The molecule has 1 N–H and O–H groups in total. The number of ether oxygens (including phenoxy) is 1. The number of fused-ring (bicyclic) bond motifs is 1. The molecule has 0 saturated carbocycles. The summed E-state index contributed by atoms with van der Waals surface area (Å²) in [6.07, 6.45) is 1.78. The summed E-state index contributed by atoms with van der Waals surface area (Å²) in [6.45, 7) is 3.26. The quantitative estimate of drug-likeness (QED) is 0.151. The number of amides is 1. The topological polar surface area (TPSA) is 129 Å². The summed E-state index contributed by atoms with van der Waals surface area (Å²) in [6, 6.07) is 15.2. The Hall–Kier alpha value is -3.90. The fraction of sp³-hybridized carbons (Fsp3) is 0.154. The normalized spacial score (nSPS) is 11.2. The van der Waals surface area contributed by atoms with Gasteiger partial charge in [0, 0.05) is 28.2 Å². The molecule has 0 atom stereocenters. The second kappa shape index (κ2) is 11.7. The summed E-state index contributed by atoms with van der Waals surface area (Å²) in [4.78, 5) is 41.2. The summed E-state index contributed by atoms with van der Waals surface area (Å²) in [5.41, 5.74) is 1.65. The van der Waals surface area contributed by atoms with Crippen LogP contribution in [0.4, 0.5) is 11.4 Å². The molecule has 38 heavy (non-hydrogen) atoms. The summed E-state index contributed by atoms with van der Waals surface area (Å²) in [7, 11) is 0. The Morgan fingerprint density at radius 3 is 2.68 bits per heavy atom. The molecule has 1 amide bonds. The third kappa shape index (κ3) is 5.97. The number of benzene rings is 3. The molecular weight excluding hydrogens is 622 g/mol. The van der Waals surface area contributed by atoms with Crippen LogP contribution in [0.1, 0.15) is 23.9 Å². The van der Waals surface area contributed by atoms with E-state index in [4.69, 9.17) is 4.74 Å². The third-order valence-electron chi connectivity index (χ3n) is 5.52. The highest BCUT2D eigenvalue weighted by atomic mass is 79.9. The molecular formula is C26H21Br2N5O5. The first-order valence-corrected chi connectivity index (χ1v) is 13.0. The van der Waals surface area contributed by atoms with Crippen molar-refractivity contribution in [2.75, 3.05) is 11.9 Å². The van der Waals surface area contributed by atoms with E-state index < -0.39 is 17.4 Å². The van der Waals surface area contributed by atoms with Gasteiger partial charge in [-0.1, -0.05) is 41.1 Å². The Bertz CT molecular complexity index is 1650. The molecule has 0 aliphatic rings. The van der Waals surface area contributed by atoms with Gasteiger partial charge in [-0.25, -0.2) is 4.98 Å². The molecule has 0 saturated heterocycles. The number of nitrogens with zero attached hydrogens (tertiary/aromatic N) is 4. The van der Waals surface area contributed by atoms with Gasteiger partial charge in [-0.05, 0) is 58.7 Å². The molecule has 0 unspecified atom stereocenters. The summed E-state index contributed by atoms with van der Waals surface area (Å²) < 4.78 is 7.68. The molecule has 0 fully saturated rings. The van der Waals surface area contributed by atoms with E-state index in [0.717, 1.165) is 10.0 Å². The van der Waals surface area contributed by atoms with Gasteiger partial charge in [-0.3, -0.25) is 19.7 Å². The number of hydrogen-bond acceptors (Lipinski definition) is 7. The molecule has 0 radical (unpaired) electrons. The van der Waals surface area contributed by atoms with Crippen molar-refractivity contribution < 1.29 is 14.5 Å². The van der Waals surface area contributed by atoms with Gasteiger partial charge in [-0.2, -0.15) is 9.78 Å². The van der Waals surface area contributed by atoms with E-state index in [1.807, 2.05) is 26.0 Å². The van der Waals surface area contributed by atoms with Gasteiger partial charge in [0.15, 0.2) is 6.61 Å². The van der Waals surface area contributed by atoms with E-state index >= 15 is 0 Å². The van der Waals surface area contributed by atoms with Gasteiger partial charge in [-0.15, -0.1) is 0 Å². The van der Waals surface area contributed by atoms with Gasteiger partial charge in [0.25, 0.3) is 11.5 Å². The number of anilines is 1. The minimum Gasteiger partial charge on any atom is -0.476 e. The highest BCUT2D eigenvalue weighted by Crippen LogP contribution is 2.36. The number of halogens is 2. The van der Waals surface area contributed by atoms with Crippen molar-refractivity contribution >= 4 is 66.3 Å². The monoisotopic (exact) mass is 641 g/mol. The third-order valence-corrected chi connectivity index (χ3v) is 6.61. The van der Waals surface area contributed by atoms with Crippen molar-refractivity contribution in [2.24, 2.45) is 5.10 Å². The number of nitrogens with one attached hydrogen (secondary N) is 1. The summed E-state index contributed by atoms with van der Waals surface area (Å²) in [5.74, 6) is -0.127. The van der Waals surface area contributed by atoms with Gasteiger partial charge in [0.2, 0.25) is 5.75 Å². The van der Waals surface area contributed by atoms with Crippen molar-refractivity contribution in [1.29, 1.82) is 0 Å². The van der Waals surface area contributed by atoms with Gasteiger partial charge in [0.1, 0.15) is 5.82 Å². The largest absolute Gasteiger partial charge is 0.476 e. The minimum absolute atomic E-state index is 0.101. The molecule has 1 aromatic heterocycles. The van der Waals surface area contributed by atoms with Crippen molar-refractivity contribution in [3.8, 4) is 5.75 Å². The van der Waals surface area contributed by atoms with Crippen LogP contribution in [-0.2, 0) is 11.2 Å². The molecule has 4 rings (SSSR count). The van der Waals surface area contributed by atoms with Crippen LogP contribution in [-0.4, -0.2) is 33.3 Å². The number of aromatic nitrogens is 2. The number of carbonyl (C=O) groups is 1. The smallest absolute Gasteiger partial charge is 0.312 e. The van der Waals surface area contributed by atoms with Crippen molar-refractivity contribution in [3.05, 3.63) is 101 Å². The molecule has 10 nitrogen and oxygen atoms in total. The zero-order chi connectivity index (χ0) is 27.4. The Balaban J connectivity index is 1.61. The van der Waals surface area contributed by atoms with Crippen LogP contribution in [0.15, 0.2) is 73.4 Å². The maximum absolute atomic E-state index is 13.1. The molecule has 1 heterocycles. The molecule has 194 valence electrons. The maximum Gasteiger partial charge on any atom is 0.312 e. The van der Waals surface area contributed by atoms with Crippen molar-refractivity contribution in [1.82, 2.24) is 9.66 Å². The first kappa shape index (κ1) is 27.1. The predicted octanol–water partition coefficient (Wildman–Crippen LogP) is 5.60. The van der Waals surface area contributed by atoms with Crippen LogP contribution in [0.25, 0.3) is 10.9 Å². The number of aryl methyl sites for hydroxylation is 2. The average Bonchev–Trinajstić information content (AvgIpc) is 2.88. The lowest BCUT2D eigenvalue weighted by molar-refractivity contribution is -0.385. The van der Waals surface area contributed by atoms with E-state index in [9.17, 15) is 19.7 Å². The van der Waals surface area contributed by atoms with E-state index in [1.54, 1.807) is 36.4 Å². The van der Waals surface area contributed by atoms with E-state index in [-0.39, 0.29) is 21.5 Å². The number of hydrogen-bond donors (Lipinski definition) is 1. The Kier molecular flexibility index (Phi) is 8.32. The van der Waals surface area contributed by atoms with Crippen LogP contribution < -0.4 is 15.6 Å². The average molecular weight is 643 g/mol. The molecule has 3 aromatic carbocycles.